The Morgan fingerprint density at radius 2 is 2.41 bits per heavy atom. The first-order valence-electron chi connectivity index (χ1n) is 5.23. The molecule has 3 N–H and O–H groups in total. The van der Waals surface area contributed by atoms with Gasteiger partial charge in [0.25, 0.3) is 0 Å². The van der Waals surface area contributed by atoms with Crippen molar-refractivity contribution in [3.05, 3.63) is 22.4 Å². The van der Waals surface area contributed by atoms with Crippen LogP contribution in [0.25, 0.3) is 0 Å². The molecular weight excluding hydrogens is 234 g/mol. The summed E-state index contributed by atoms with van der Waals surface area (Å²) in [7, 11) is 1.66. The average molecular weight is 251 g/mol. The lowest BCUT2D eigenvalue weighted by molar-refractivity contribution is 0.0622. The van der Waals surface area contributed by atoms with E-state index >= 15 is 0 Å². The molecule has 0 saturated carbocycles. The fourth-order valence-corrected chi connectivity index (χ4v) is 2.07. The predicted molar refractivity (Wildman–Crippen MR) is 72.1 cm³/mol. The first kappa shape index (κ1) is 13.6. The third-order valence-corrected chi connectivity index (χ3v) is 3.01. The minimum Gasteiger partial charge on any atom is -0.384 e. The van der Waals surface area contributed by atoms with Crippen LogP contribution in [0.15, 0.2) is 21.8 Å². The lowest BCUT2D eigenvalue weighted by Crippen LogP contribution is -2.44. The number of hydrogen-bond acceptors (Lipinski definition) is 3. The number of nitrogens with one attached hydrogen (secondary N) is 2. The highest BCUT2D eigenvalue weighted by molar-refractivity contribution is 7.08. The Bertz CT molecular complexity index is 404. The summed E-state index contributed by atoms with van der Waals surface area (Å²) in [6, 6.07) is 1.91. The molecule has 1 atom stereocenters. The van der Waals surface area contributed by atoms with E-state index in [1.165, 1.54) is 0 Å². The molecule has 1 aromatic rings. The van der Waals surface area contributed by atoms with Crippen molar-refractivity contribution in [1.82, 2.24) is 10.6 Å². The van der Waals surface area contributed by atoms with Gasteiger partial charge in [-0.05, 0) is 29.3 Å². The number of nitrogens with zero attached hydrogens (tertiary/aromatic N) is 1. The molecule has 0 bridgehead atoms. The third-order valence-electron chi connectivity index (χ3n) is 2.32. The van der Waals surface area contributed by atoms with Gasteiger partial charge in [-0.25, -0.2) is 0 Å². The second-order valence-electron chi connectivity index (χ2n) is 3.77. The van der Waals surface area contributed by atoms with E-state index < -0.39 is 5.60 Å². The summed E-state index contributed by atoms with van der Waals surface area (Å²) < 4.78 is 0. The van der Waals surface area contributed by atoms with E-state index in [0.29, 0.717) is 19.0 Å². The van der Waals surface area contributed by atoms with Crippen molar-refractivity contribution in [3.63, 3.8) is 0 Å². The quantitative estimate of drug-likeness (QED) is 0.420. The monoisotopic (exact) mass is 251 g/mol. The Labute approximate surface area is 106 Å². The Kier molecular flexibility index (Phi) is 5.01. The summed E-state index contributed by atoms with van der Waals surface area (Å²) >= 11 is 1.56. The molecule has 1 aromatic heterocycles. The molecule has 0 saturated heterocycles. The van der Waals surface area contributed by atoms with Crippen LogP contribution < -0.4 is 10.6 Å². The van der Waals surface area contributed by atoms with Gasteiger partial charge in [-0.3, -0.25) is 4.99 Å². The maximum Gasteiger partial charge on any atom is 0.191 e. The Morgan fingerprint density at radius 3 is 2.94 bits per heavy atom. The molecular formula is C12H17N3OS. The molecule has 0 fully saturated rings. The highest BCUT2D eigenvalue weighted by Gasteiger charge is 2.23. The molecule has 92 valence electrons. The van der Waals surface area contributed by atoms with Crippen LogP contribution in [0.3, 0.4) is 0 Å². The van der Waals surface area contributed by atoms with Gasteiger partial charge in [0.1, 0.15) is 5.60 Å². The van der Waals surface area contributed by atoms with E-state index in [-0.39, 0.29) is 0 Å². The first-order valence-corrected chi connectivity index (χ1v) is 6.17. The fraction of sp³-hybridized carbons (Fsp3) is 0.417. The maximum atomic E-state index is 10.3. The van der Waals surface area contributed by atoms with Crippen molar-refractivity contribution in [3.8, 4) is 12.3 Å². The minimum absolute atomic E-state index is 0.369. The van der Waals surface area contributed by atoms with E-state index in [1.54, 1.807) is 25.3 Å². The van der Waals surface area contributed by atoms with Crippen molar-refractivity contribution in [2.45, 2.75) is 12.5 Å². The molecule has 0 aromatic carbocycles. The van der Waals surface area contributed by atoms with Crippen molar-refractivity contribution in [2.24, 2.45) is 4.99 Å². The van der Waals surface area contributed by atoms with Gasteiger partial charge < -0.3 is 15.7 Å². The number of aliphatic imine (C=N–C) groups is 1. The summed E-state index contributed by atoms with van der Waals surface area (Å²) in [6.45, 7) is 2.53. The molecule has 0 radical (unpaired) electrons. The normalized spacial score (nSPS) is 14.8. The van der Waals surface area contributed by atoms with Crippen LogP contribution >= 0.6 is 11.3 Å². The summed E-state index contributed by atoms with van der Waals surface area (Å²) in [5.41, 5.74) is -0.0317. The summed E-state index contributed by atoms with van der Waals surface area (Å²) in [5, 5.41) is 20.1. The molecule has 0 aliphatic heterocycles. The lowest BCUT2D eigenvalue weighted by Gasteiger charge is -2.23. The van der Waals surface area contributed by atoms with Crippen molar-refractivity contribution in [1.29, 1.82) is 0 Å². The van der Waals surface area contributed by atoms with Crippen LogP contribution in [0.5, 0.6) is 0 Å². The number of rotatable bonds is 4. The summed E-state index contributed by atoms with van der Waals surface area (Å²) in [5.74, 6) is 3.05. The number of hydrogen-bond donors (Lipinski definition) is 3. The van der Waals surface area contributed by atoms with Crippen LogP contribution in [0.1, 0.15) is 12.5 Å². The molecule has 0 aliphatic rings. The van der Waals surface area contributed by atoms with Crippen LogP contribution in [0, 0.1) is 12.3 Å². The summed E-state index contributed by atoms with van der Waals surface area (Å²) in [6.07, 6.45) is 5.15. The van der Waals surface area contributed by atoms with Crippen LogP contribution in [0.2, 0.25) is 0 Å². The number of thiophene rings is 1. The molecule has 0 aliphatic carbocycles. The van der Waals surface area contributed by atoms with Gasteiger partial charge >= 0.3 is 0 Å². The second kappa shape index (κ2) is 6.28. The van der Waals surface area contributed by atoms with Gasteiger partial charge in [0.05, 0.1) is 13.1 Å². The molecule has 4 nitrogen and oxygen atoms in total. The standard InChI is InChI=1S/C12H17N3OS/c1-4-6-14-11(13-3)15-9-12(2,16)10-5-7-17-8-10/h1,5,7-8,16H,6,9H2,2-3H3,(H2,13,14,15). The smallest absolute Gasteiger partial charge is 0.191 e. The Morgan fingerprint density at radius 1 is 1.65 bits per heavy atom. The Balaban J connectivity index is 2.52. The van der Waals surface area contributed by atoms with Crippen molar-refractivity contribution >= 4 is 17.3 Å². The van der Waals surface area contributed by atoms with Gasteiger partial charge in [0, 0.05) is 7.05 Å². The maximum absolute atomic E-state index is 10.3. The zero-order valence-corrected chi connectivity index (χ0v) is 10.8. The zero-order valence-electron chi connectivity index (χ0n) is 10.0. The van der Waals surface area contributed by atoms with E-state index in [1.807, 2.05) is 16.8 Å². The highest BCUT2D eigenvalue weighted by Crippen LogP contribution is 2.21. The highest BCUT2D eigenvalue weighted by atomic mass is 32.1. The molecule has 0 spiro atoms. The minimum atomic E-state index is -0.923. The fourth-order valence-electron chi connectivity index (χ4n) is 1.28. The van der Waals surface area contributed by atoms with E-state index in [9.17, 15) is 5.11 Å². The van der Waals surface area contributed by atoms with Gasteiger partial charge in [-0.2, -0.15) is 11.3 Å². The molecule has 5 heteroatoms. The molecule has 0 amide bonds. The molecule has 1 heterocycles. The number of aliphatic hydroxyl groups is 1. The van der Waals surface area contributed by atoms with Crippen molar-refractivity contribution < 1.29 is 5.11 Å². The van der Waals surface area contributed by atoms with Crippen LogP contribution in [-0.2, 0) is 5.60 Å². The van der Waals surface area contributed by atoms with Crippen LogP contribution in [-0.4, -0.2) is 31.2 Å². The van der Waals surface area contributed by atoms with Gasteiger partial charge in [0.2, 0.25) is 0 Å². The molecule has 1 unspecified atom stereocenters. The first-order chi connectivity index (χ1) is 8.10. The van der Waals surface area contributed by atoms with Crippen molar-refractivity contribution in [2.75, 3.05) is 20.1 Å². The molecule has 1 rings (SSSR count). The third kappa shape index (κ3) is 4.10. The Hall–Kier alpha value is -1.51. The predicted octanol–water partition coefficient (Wildman–Crippen LogP) is 0.754. The SMILES string of the molecule is C#CCNC(=NC)NCC(C)(O)c1ccsc1. The lowest BCUT2D eigenvalue weighted by atomic mass is 9.99. The van der Waals surface area contributed by atoms with E-state index in [0.717, 1.165) is 5.56 Å². The average Bonchev–Trinajstić information content (AvgIpc) is 2.83. The number of terminal acetylenes is 1. The molecule has 17 heavy (non-hydrogen) atoms. The summed E-state index contributed by atoms with van der Waals surface area (Å²) in [4.78, 5) is 4.00. The van der Waals surface area contributed by atoms with Gasteiger partial charge in [0.15, 0.2) is 5.96 Å². The van der Waals surface area contributed by atoms with Crippen LogP contribution in [0.4, 0.5) is 0 Å². The topological polar surface area (TPSA) is 56.7 Å². The second-order valence-corrected chi connectivity index (χ2v) is 4.55. The van der Waals surface area contributed by atoms with E-state index in [4.69, 9.17) is 6.42 Å². The number of guanidine groups is 1. The van der Waals surface area contributed by atoms with E-state index in [2.05, 4.69) is 21.5 Å². The largest absolute Gasteiger partial charge is 0.384 e. The van der Waals surface area contributed by atoms with Gasteiger partial charge in [-0.15, -0.1) is 6.42 Å². The van der Waals surface area contributed by atoms with Gasteiger partial charge in [-0.1, -0.05) is 5.92 Å². The zero-order chi connectivity index (χ0) is 12.7.